The maximum Gasteiger partial charge on any atom is 0.262 e. The van der Waals surface area contributed by atoms with Gasteiger partial charge in [-0.2, -0.15) is 0 Å². The molecule has 0 unspecified atom stereocenters. The van der Waals surface area contributed by atoms with Gasteiger partial charge in [-0.3, -0.25) is 9.36 Å². The molecule has 0 saturated carbocycles. The normalized spacial score (nSPS) is 15.2. The molecule has 1 N–H and O–H groups in total. The van der Waals surface area contributed by atoms with E-state index in [2.05, 4.69) is 19.4 Å². The van der Waals surface area contributed by atoms with Crippen LogP contribution in [0.15, 0.2) is 70.2 Å². The van der Waals surface area contributed by atoms with Crippen LogP contribution in [0.1, 0.15) is 24.4 Å². The number of benzene rings is 1. The van der Waals surface area contributed by atoms with E-state index in [-0.39, 0.29) is 5.56 Å². The lowest BCUT2D eigenvalue weighted by Gasteiger charge is -2.32. The summed E-state index contributed by atoms with van der Waals surface area (Å²) in [5, 5.41) is 0.678. The second-order valence-electron chi connectivity index (χ2n) is 9.46. The lowest BCUT2D eigenvalue weighted by Crippen LogP contribution is -2.38. The molecule has 4 aromatic heterocycles. The number of H-pyrrole nitrogens is 1. The monoisotopic (exact) mass is 500 g/mol. The fourth-order valence-electron chi connectivity index (χ4n) is 5.20. The largest absolute Gasteiger partial charge is 0.467 e. The number of fused-ring (bicyclic) bond motifs is 2. The highest BCUT2D eigenvalue weighted by Crippen LogP contribution is 2.24. The third-order valence-corrected chi connectivity index (χ3v) is 7.51. The average molecular weight is 501 g/mol. The first-order valence-corrected chi connectivity index (χ1v) is 12.8. The molecule has 5 heterocycles. The fourth-order valence-corrected chi connectivity index (χ4v) is 5.49. The Morgan fingerprint density at radius 3 is 2.72 bits per heavy atom. The molecule has 0 bridgehead atoms. The summed E-state index contributed by atoms with van der Waals surface area (Å²) >= 11 is 5.47. The number of hydrogen-bond acceptors (Lipinski definition) is 6. The first-order chi connectivity index (χ1) is 17.7. The second kappa shape index (κ2) is 9.83. The van der Waals surface area contributed by atoms with E-state index < -0.39 is 0 Å². The Morgan fingerprint density at radius 1 is 1.03 bits per heavy atom. The topological polar surface area (TPSA) is 84.9 Å². The van der Waals surface area contributed by atoms with Crippen LogP contribution < -0.4 is 5.56 Å². The van der Waals surface area contributed by atoms with Crippen molar-refractivity contribution in [2.75, 3.05) is 19.6 Å². The van der Waals surface area contributed by atoms with Crippen molar-refractivity contribution >= 4 is 34.3 Å². The average Bonchev–Trinajstić information content (AvgIpc) is 3.53. The Kier molecular flexibility index (Phi) is 6.25. The van der Waals surface area contributed by atoms with Crippen LogP contribution in [0, 0.1) is 10.7 Å². The standard InChI is InChI=1S/C27H28N6O2S/c34-26-21-6-1-2-7-22(21)30-27(36)32(26)15-14-31-12-9-19(10-13-31)17-24-29-23-8-3-11-28-25(23)33(24)18-20-5-4-16-35-20/h1-8,11,16,19H,9-10,12-15,17-18H2,(H,30,36). The van der Waals surface area contributed by atoms with Gasteiger partial charge in [0.2, 0.25) is 0 Å². The van der Waals surface area contributed by atoms with E-state index in [1.807, 2.05) is 54.7 Å². The van der Waals surface area contributed by atoms with Crippen molar-refractivity contribution in [3.63, 3.8) is 0 Å². The zero-order chi connectivity index (χ0) is 24.5. The molecule has 1 saturated heterocycles. The summed E-state index contributed by atoms with van der Waals surface area (Å²) in [5.74, 6) is 2.52. The highest BCUT2D eigenvalue weighted by atomic mass is 32.1. The number of aromatic amines is 1. The van der Waals surface area contributed by atoms with Gasteiger partial charge in [-0.25, -0.2) is 9.97 Å². The Bertz CT molecular complexity index is 1610. The number of furan rings is 1. The van der Waals surface area contributed by atoms with Gasteiger partial charge >= 0.3 is 0 Å². The number of aromatic nitrogens is 5. The Morgan fingerprint density at radius 2 is 1.89 bits per heavy atom. The molecular formula is C27H28N6O2S. The molecule has 1 aliphatic rings. The smallest absolute Gasteiger partial charge is 0.262 e. The molecule has 0 aliphatic carbocycles. The summed E-state index contributed by atoms with van der Waals surface area (Å²) in [4.78, 5) is 28.1. The second-order valence-corrected chi connectivity index (χ2v) is 9.85. The van der Waals surface area contributed by atoms with Gasteiger partial charge < -0.3 is 18.9 Å². The quantitative estimate of drug-likeness (QED) is 0.334. The summed E-state index contributed by atoms with van der Waals surface area (Å²) in [6.45, 7) is 4.04. The molecule has 0 atom stereocenters. The number of pyridine rings is 1. The van der Waals surface area contributed by atoms with E-state index in [4.69, 9.17) is 21.6 Å². The van der Waals surface area contributed by atoms with Crippen LogP contribution in [0.25, 0.3) is 22.1 Å². The Balaban J connectivity index is 1.11. The molecule has 6 rings (SSSR count). The predicted octanol–water partition coefficient (Wildman–Crippen LogP) is 4.40. The van der Waals surface area contributed by atoms with E-state index in [1.165, 1.54) is 0 Å². The number of hydrogen-bond donors (Lipinski definition) is 1. The number of nitrogens with one attached hydrogen (secondary N) is 1. The number of imidazole rings is 1. The minimum Gasteiger partial charge on any atom is -0.467 e. The predicted molar refractivity (Wildman–Crippen MR) is 142 cm³/mol. The van der Waals surface area contributed by atoms with Crippen molar-refractivity contribution in [3.05, 3.63) is 87.7 Å². The number of para-hydroxylation sites is 1. The van der Waals surface area contributed by atoms with E-state index in [0.29, 0.717) is 29.2 Å². The SMILES string of the molecule is O=c1c2ccccc2[nH]c(=S)n1CCN1CCC(Cc2nc3cccnc3n2Cc2ccco2)CC1. The van der Waals surface area contributed by atoms with Gasteiger partial charge in [-0.1, -0.05) is 12.1 Å². The lowest BCUT2D eigenvalue weighted by molar-refractivity contribution is 0.176. The number of piperidine rings is 1. The van der Waals surface area contributed by atoms with E-state index in [9.17, 15) is 4.79 Å². The zero-order valence-electron chi connectivity index (χ0n) is 20.0. The molecule has 0 amide bonds. The molecule has 0 radical (unpaired) electrons. The fraction of sp³-hybridized carbons (Fsp3) is 0.333. The van der Waals surface area contributed by atoms with E-state index in [1.54, 1.807) is 10.8 Å². The van der Waals surface area contributed by atoms with Gasteiger partial charge in [0.15, 0.2) is 10.4 Å². The molecule has 1 aromatic carbocycles. The van der Waals surface area contributed by atoms with Gasteiger partial charge in [-0.15, -0.1) is 0 Å². The van der Waals surface area contributed by atoms with E-state index >= 15 is 0 Å². The first kappa shape index (κ1) is 22.9. The molecule has 0 spiro atoms. The Hall–Kier alpha value is -3.56. The molecule has 184 valence electrons. The van der Waals surface area contributed by atoms with Crippen molar-refractivity contribution in [3.8, 4) is 0 Å². The van der Waals surface area contributed by atoms with Crippen LogP contribution >= 0.6 is 12.2 Å². The van der Waals surface area contributed by atoms with Crippen molar-refractivity contribution in [1.29, 1.82) is 0 Å². The molecule has 5 aromatic rings. The summed E-state index contributed by atoms with van der Waals surface area (Å²) in [6, 6.07) is 15.4. The van der Waals surface area contributed by atoms with Crippen molar-refractivity contribution in [2.45, 2.75) is 32.4 Å². The summed E-state index contributed by atoms with van der Waals surface area (Å²) in [5.41, 5.74) is 2.60. The number of likely N-dealkylation sites (tertiary alicyclic amines) is 1. The highest BCUT2D eigenvalue weighted by molar-refractivity contribution is 7.71. The van der Waals surface area contributed by atoms with Crippen LogP contribution in [0.2, 0.25) is 0 Å². The van der Waals surface area contributed by atoms with Crippen LogP contribution in [-0.2, 0) is 19.5 Å². The van der Waals surface area contributed by atoms with Crippen molar-refractivity contribution in [1.82, 2.24) is 29.0 Å². The molecule has 8 nitrogen and oxygen atoms in total. The molecule has 1 fully saturated rings. The summed E-state index contributed by atoms with van der Waals surface area (Å²) < 4.78 is 9.96. The van der Waals surface area contributed by atoms with Crippen molar-refractivity contribution < 1.29 is 4.42 Å². The van der Waals surface area contributed by atoms with Crippen molar-refractivity contribution in [2.24, 2.45) is 5.92 Å². The third-order valence-electron chi connectivity index (χ3n) is 7.18. The van der Waals surface area contributed by atoms with Crippen LogP contribution in [-0.4, -0.2) is 48.6 Å². The maximum absolute atomic E-state index is 12.9. The number of nitrogens with zero attached hydrogens (tertiary/aromatic N) is 5. The van der Waals surface area contributed by atoms with Gasteiger partial charge in [0, 0.05) is 25.7 Å². The highest BCUT2D eigenvalue weighted by Gasteiger charge is 2.23. The third kappa shape index (κ3) is 4.52. The first-order valence-electron chi connectivity index (χ1n) is 12.4. The van der Waals surface area contributed by atoms with Crippen LogP contribution in [0.3, 0.4) is 0 Å². The Labute approximate surface area is 213 Å². The molecular weight excluding hydrogens is 472 g/mol. The van der Waals surface area contributed by atoms with E-state index in [0.717, 1.165) is 67.2 Å². The summed E-state index contributed by atoms with van der Waals surface area (Å²) in [6.07, 6.45) is 6.63. The minimum absolute atomic E-state index is 0.0201. The minimum atomic E-state index is -0.0201. The molecule has 9 heteroatoms. The number of rotatable bonds is 7. The molecule has 36 heavy (non-hydrogen) atoms. The maximum atomic E-state index is 12.9. The zero-order valence-corrected chi connectivity index (χ0v) is 20.8. The van der Waals surface area contributed by atoms with Crippen LogP contribution in [0.4, 0.5) is 0 Å². The summed E-state index contributed by atoms with van der Waals surface area (Å²) in [7, 11) is 0. The van der Waals surface area contributed by atoms with Crippen LogP contribution in [0.5, 0.6) is 0 Å². The molecule has 1 aliphatic heterocycles. The van der Waals surface area contributed by atoms with Gasteiger partial charge in [0.1, 0.15) is 17.1 Å². The lowest BCUT2D eigenvalue weighted by atomic mass is 9.93. The van der Waals surface area contributed by atoms with Gasteiger partial charge in [0.25, 0.3) is 5.56 Å². The van der Waals surface area contributed by atoms with Gasteiger partial charge in [0.05, 0.1) is 23.7 Å². The van der Waals surface area contributed by atoms with Gasteiger partial charge in [-0.05, 0) is 80.5 Å².